The first-order chi connectivity index (χ1) is 11.4. The summed E-state index contributed by atoms with van der Waals surface area (Å²) < 4.78 is 4.84. The predicted octanol–water partition coefficient (Wildman–Crippen LogP) is 1.71. The summed E-state index contributed by atoms with van der Waals surface area (Å²) in [6.45, 7) is 5.60. The molecule has 0 saturated heterocycles. The van der Waals surface area contributed by atoms with Gasteiger partial charge in [0, 0.05) is 11.6 Å². The third-order valence-corrected chi connectivity index (χ3v) is 4.38. The van der Waals surface area contributed by atoms with Crippen molar-refractivity contribution in [2.75, 3.05) is 7.11 Å². The molecule has 124 valence electrons. The van der Waals surface area contributed by atoms with E-state index >= 15 is 0 Å². The molecule has 1 amide bonds. The van der Waals surface area contributed by atoms with Gasteiger partial charge in [-0.25, -0.2) is 19.8 Å². The van der Waals surface area contributed by atoms with Crippen LogP contribution in [0, 0.1) is 5.92 Å². The van der Waals surface area contributed by atoms with Crippen molar-refractivity contribution in [3.63, 3.8) is 0 Å². The maximum Gasteiger partial charge on any atom is 0.340 e. The Morgan fingerprint density at radius 1 is 1.38 bits per heavy atom. The molecule has 0 aliphatic carbocycles. The highest BCUT2D eigenvalue weighted by Crippen LogP contribution is 2.28. The summed E-state index contributed by atoms with van der Waals surface area (Å²) >= 11 is 0. The van der Waals surface area contributed by atoms with Gasteiger partial charge in [0.05, 0.1) is 12.7 Å². The lowest BCUT2D eigenvalue weighted by atomic mass is 9.89. The van der Waals surface area contributed by atoms with Gasteiger partial charge in [0.2, 0.25) is 0 Å². The van der Waals surface area contributed by atoms with Crippen LogP contribution in [0.2, 0.25) is 0 Å². The first-order valence-electron chi connectivity index (χ1n) is 7.62. The summed E-state index contributed by atoms with van der Waals surface area (Å²) in [6.07, 6.45) is 1.62. The molecule has 3 rings (SSSR count). The maximum absolute atomic E-state index is 12.4. The molecule has 0 spiro atoms. The number of esters is 1. The molecule has 0 aromatic carbocycles. The van der Waals surface area contributed by atoms with Crippen LogP contribution in [0.1, 0.15) is 36.8 Å². The minimum atomic E-state index is -0.899. The highest BCUT2D eigenvalue weighted by molar-refractivity contribution is 6.18. The van der Waals surface area contributed by atoms with Gasteiger partial charge < -0.3 is 10.1 Å². The summed E-state index contributed by atoms with van der Waals surface area (Å²) in [7, 11) is 1.30. The molecule has 0 fully saturated rings. The number of carbonyl (C=O) groups excluding carboxylic acids is 2. The van der Waals surface area contributed by atoms with Gasteiger partial charge >= 0.3 is 5.97 Å². The van der Waals surface area contributed by atoms with Crippen LogP contribution in [0.4, 0.5) is 0 Å². The molecule has 1 aliphatic rings. The quantitative estimate of drug-likeness (QED) is 0.867. The van der Waals surface area contributed by atoms with Crippen molar-refractivity contribution in [2.45, 2.75) is 26.3 Å². The number of nitrogens with zero attached hydrogens (tertiary/aromatic N) is 3. The van der Waals surface area contributed by atoms with E-state index in [-0.39, 0.29) is 28.9 Å². The van der Waals surface area contributed by atoms with Crippen LogP contribution in [-0.2, 0) is 9.53 Å². The number of pyridine rings is 2. The number of fused-ring (bicyclic) bond motifs is 1. The van der Waals surface area contributed by atoms with Crippen LogP contribution in [0.3, 0.4) is 0 Å². The second-order valence-corrected chi connectivity index (χ2v) is 6.14. The average Bonchev–Trinajstić information content (AvgIpc) is 2.89. The van der Waals surface area contributed by atoms with Gasteiger partial charge in [-0.1, -0.05) is 13.8 Å². The average molecular weight is 326 g/mol. The molecule has 7 heteroatoms. The molecular formula is C17H18N4O3. The Morgan fingerprint density at radius 2 is 2.12 bits per heavy atom. The molecule has 0 bridgehead atoms. The Morgan fingerprint density at radius 3 is 2.75 bits per heavy atom. The van der Waals surface area contributed by atoms with Crippen LogP contribution >= 0.6 is 0 Å². The van der Waals surface area contributed by atoms with Crippen molar-refractivity contribution in [1.29, 1.82) is 0 Å². The zero-order valence-electron chi connectivity index (χ0n) is 14.0. The molecule has 1 atom stereocenters. The Labute approximate surface area is 139 Å². The highest BCUT2D eigenvalue weighted by atomic mass is 16.5. The number of rotatable bonds is 3. The van der Waals surface area contributed by atoms with Crippen molar-refractivity contribution in [1.82, 2.24) is 15.3 Å². The molecule has 7 nitrogen and oxygen atoms in total. The Hall–Kier alpha value is -2.83. The number of amidine groups is 1. The number of hydrogen-bond donors (Lipinski definition) is 1. The van der Waals surface area contributed by atoms with Gasteiger partial charge in [0.15, 0.2) is 11.5 Å². The van der Waals surface area contributed by atoms with E-state index in [0.717, 1.165) is 0 Å². The monoisotopic (exact) mass is 326 g/mol. The SMILES string of the molecule is COC(=O)c1cc2cccnc2nc1C1=NC(C)(C(C)C)C(=O)N1. The number of aliphatic imine (C=N–C) groups is 1. The Balaban J connectivity index is 2.22. The van der Waals surface area contributed by atoms with Crippen molar-refractivity contribution in [2.24, 2.45) is 10.9 Å². The normalized spacial score (nSPS) is 20.2. The number of methoxy groups -OCH3 is 1. The number of ether oxygens (including phenoxy) is 1. The lowest BCUT2D eigenvalue weighted by molar-refractivity contribution is -0.124. The van der Waals surface area contributed by atoms with Gasteiger partial charge in [0.25, 0.3) is 5.91 Å². The van der Waals surface area contributed by atoms with Crippen molar-refractivity contribution >= 4 is 28.7 Å². The van der Waals surface area contributed by atoms with Gasteiger partial charge in [-0.3, -0.25) is 4.79 Å². The van der Waals surface area contributed by atoms with Gasteiger partial charge in [-0.2, -0.15) is 0 Å². The van der Waals surface area contributed by atoms with Crippen LogP contribution in [0.25, 0.3) is 11.0 Å². The first kappa shape index (κ1) is 16.0. The molecule has 24 heavy (non-hydrogen) atoms. The third-order valence-electron chi connectivity index (χ3n) is 4.38. The summed E-state index contributed by atoms with van der Waals surface area (Å²) in [5, 5.41) is 3.45. The van der Waals surface area contributed by atoms with Gasteiger partial charge in [-0.05, 0) is 31.0 Å². The van der Waals surface area contributed by atoms with Gasteiger partial charge in [-0.15, -0.1) is 0 Å². The van der Waals surface area contributed by atoms with E-state index in [1.165, 1.54) is 7.11 Å². The second kappa shape index (κ2) is 5.67. The molecule has 1 unspecified atom stereocenters. The van der Waals surface area contributed by atoms with Crippen LogP contribution in [0.15, 0.2) is 29.4 Å². The van der Waals surface area contributed by atoms with Crippen LogP contribution in [0.5, 0.6) is 0 Å². The van der Waals surface area contributed by atoms with E-state index in [1.807, 2.05) is 13.8 Å². The topological polar surface area (TPSA) is 93.5 Å². The summed E-state index contributed by atoms with van der Waals surface area (Å²) in [5.74, 6) is -0.496. The number of nitrogens with one attached hydrogen (secondary N) is 1. The molecule has 2 aromatic rings. The fraction of sp³-hybridized carbons (Fsp3) is 0.353. The number of amides is 1. The largest absolute Gasteiger partial charge is 0.465 e. The van der Waals surface area contributed by atoms with E-state index in [1.54, 1.807) is 31.3 Å². The van der Waals surface area contributed by atoms with Gasteiger partial charge in [0.1, 0.15) is 11.2 Å². The van der Waals surface area contributed by atoms with E-state index in [2.05, 4.69) is 20.3 Å². The standard InChI is InChI=1S/C17H18N4O3/c1-9(2)17(3)16(23)20-14(21-17)12-11(15(22)24-4)8-10-6-5-7-18-13(10)19-12/h5-9H,1-4H3,(H,20,21,23). The second-order valence-electron chi connectivity index (χ2n) is 6.14. The fourth-order valence-electron chi connectivity index (χ4n) is 2.50. The summed E-state index contributed by atoms with van der Waals surface area (Å²) in [5.41, 5.74) is 0.0785. The number of carbonyl (C=O) groups is 2. The van der Waals surface area contributed by atoms with Crippen molar-refractivity contribution in [3.8, 4) is 0 Å². The predicted molar refractivity (Wildman–Crippen MR) is 88.8 cm³/mol. The number of aromatic nitrogens is 2. The molecule has 1 N–H and O–H groups in total. The van der Waals surface area contributed by atoms with E-state index < -0.39 is 11.5 Å². The molecule has 3 heterocycles. The fourth-order valence-corrected chi connectivity index (χ4v) is 2.50. The van der Waals surface area contributed by atoms with E-state index in [9.17, 15) is 9.59 Å². The zero-order chi connectivity index (χ0) is 17.5. The van der Waals surface area contributed by atoms with Crippen LogP contribution < -0.4 is 5.32 Å². The molecule has 0 radical (unpaired) electrons. The molecule has 0 saturated carbocycles. The smallest absolute Gasteiger partial charge is 0.340 e. The highest BCUT2D eigenvalue weighted by Gasteiger charge is 2.43. The lowest BCUT2D eigenvalue weighted by Gasteiger charge is -2.21. The van der Waals surface area contributed by atoms with Crippen molar-refractivity contribution in [3.05, 3.63) is 35.7 Å². The molecule has 1 aliphatic heterocycles. The maximum atomic E-state index is 12.4. The number of hydrogen-bond acceptors (Lipinski definition) is 6. The molecule has 2 aromatic heterocycles. The first-order valence-corrected chi connectivity index (χ1v) is 7.62. The minimum Gasteiger partial charge on any atom is -0.465 e. The van der Waals surface area contributed by atoms with E-state index in [0.29, 0.717) is 11.0 Å². The zero-order valence-corrected chi connectivity index (χ0v) is 14.0. The van der Waals surface area contributed by atoms with E-state index in [4.69, 9.17) is 4.74 Å². The lowest BCUT2D eigenvalue weighted by Crippen LogP contribution is -2.41. The molecular weight excluding hydrogens is 308 g/mol. The Kier molecular flexibility index (Phi) is 3.79. The van der Waals surface area contributed by atoms with Crippen LogP contribution in [-0.4, -0.2) is 40.3 Å². The van der Waals surface area contributed by atoms with Crippen molar-refractivity contribution < 1.29 is 14.3 Å². The third kappa shape index (κ3) is 2.42. The Bertz CT molecular complexity index is 875. The minimum absolute atomic E-state index is 0.00448. The summed E-state index contributed by atoms with van der Waals surface area (Å²) in [4.78, 5) is 37.7. The summed E-state index contributed by atoms with van der Waals surface area (Å²) in [6, 6.07) is 5.21.